The van der Waals surface area contributed by atoms with E-state index in [0.29, 0.717) is 18.2 Å². The Morgan fingerprint density at radius 1 is 1.17 bits per heavy atom. The molecule has 0 aliphatic rings. The lowest BCUT2D eigenvalue weighted by molar-refractivity contribution is 0.380. The molecule has 0 aliphatic carbocycles. The van der Waals surface area contributed by atoms with E-state index in [-0.39, 0.29) is 17.5 Å². The number of nitrogens with zero attached hydrogens (tertiary/aromatic N) is 3. The van der Waals surface area contributed by atoms with Gasteiger partial charge in [0.05, 0.1) is 18.2 Å². The van der Waals surface area contributed by atoms with Crippen molar-refractivity contribution >= 4 is 21.5 Å². The zero-order valence-corrected chi connectivity index (χ0v) is 13.4. The van der Waals surface area contributed by atoms with Gasteiger partial charge in [-0.05, 0) is 12.1 Å². The minimum absolute atomic E-state index is 0.0421. The van der Waals surface area contributed by atoms with Crippen LogP contribution in [-0.4, -0.2) is 39.6 Å². The summed E-state index contributed by atoms with van der Waals surface area (Å²) in [6.07, 6.45) is 1.20. The Hall–Kier alpha value is -2.49. The van der Waals surface area contributed by atoms with Gasteiger partial charge < -0.3 is 9.64 Å². The van der Waals surface area contributed by atoms with E-state index in [9.17, 15) is 17.2 Å². The van der Waals surface area contributed by atoms with Gasteiger partial charge in [0.2, 0.25) is 0 Å². The van der Waals surface area contributed by atoms with Gasteiger partial charge in [-0.25, -0.2) is 22.2 Å². The molecule has 0 radical (unpaired) electrons. The standard InChI is InChI=1S/C13H14F2N4O3S/c1-19(2)12-11(7-16-13(17-12)22-3)18-23(20,21)10-5-8(14)4-9(15)6-10/h4-7,18H,1-3H3. The smallest absolute Gasteiger partial charge is 0.318 e. The normalized spacial score (nSPS) is 11.2. The topological polar surface area (TPSA) is 84.4 Å². The number of rotatable bonds is 5. The Bertz CT molecular complexity index is 808. The summed E-state index contributed by atoms with van der Waals surface area (Å²) in [6.45, 7) is 0. The first-order valence-electron chi connectivity index (χ1n) is 6.30. The van der Waals surface area contributed by atoms with Crippen LogP contribution in [0.1, 0.15) is 0 Å². The number of anilines is 2. The van der Waals surface area contributed by atoms with Crippen LogP contribution in [0.25, 0.3) is 0 Å². The molecule has 1 aromatic carbocycles. The predicted molar refractivity (Wildman–Crippen MR) is 80.1 cm³/mol. The highest BCUT2D eigenvalue weighted by atomic mass is 32.2. The molecule has 124 valence electrons. The Labute approximate surface area is 132 Å². The molecule has 10 heteroatoms. The van der Waals surface area contributed by atoms with Crippen molar-refractivity contribution < 1.29 is 21.9 Å². The number of hydrogen-bond donors (Lipinski definition) is 1. The highest BCUT2D eigenvalue weighted by Gasteiger charge is 2.20. The lowest BCUT2D eigenvalue weighted by atomic mass is 10.3. The highest BCUT2D eigenvalue weighted by molar-refractivity contribution is 7.92. The molecule has 0 unspecified atom stereocenters. The summed E-state index contributed by atoms with van der Waals surface area (Å²) >= 11 is 0. The number of hydrogen-bond acceptors (Lipinski definition) is 6. The fraction of sp³-hybridized carbons (Fsp3) is 0.231. The van der Waals surface area contributed by atoms with E-state index in [2.05, 4.69) is 14.7 Å². The van der Waals surface area contributed by atoms with Gasteiger partial charge in [0.15, 0.2) is 5.82 Å². The first kappa shape index (κ1) is 16.9. The van der Waals surface area contributed by atoms with Crippen LogP contribution in [0.15, 0.2) is 29.3 Å². The number of ether oxygens (including phenoxy) is 1. The van der Waals surface area contributed by atoms with E-state index in [0.717, 1.165) is 0 Å². The van der Waals surface area contributed by atoms with Gasteiger partial charge >= 0.3 is 6.01 Å². The predicted octanol–water partition coefficient (Wildman–Crippen LogP) is 1.63. The number of halogens is 2. The lowest BCUT2D eigenvalue weighted by Crippen LogP contribution is -2.19. The number of aromatic nitrogens is 2. The van der Waals surface area contributed by atoms with Gasteiger partial charge in [0.25, 0.3) is 10.0 Å². The second-order valence-corrected chi connectivity index (χ2v) is 6.38. The van der Waals surface area contributed by atoms with E-state index in [4.69, 9.17) is 4.74 Å². The Morgan fingerprint density at radius 2 is 1.78 bits per heavy atom. The Balaban J connectivity index is 2.44. The van der Waals surface area contributed by atoms with Crippen molar-refractivity contribution in [1.29, 1.82) is 0 Å². The van der Waals surface area contributed by atoms with Crippen LogP contribution in [0.2, 0.25) is 0 Å². The maximum Gasteiger partial charge on any atom is 0.318 e. The van der Waals surface area contributed by atoms with Crippen LogP contribution in [0, 0.1) is 11.6 Å². The third kappa shape index (κ3) is 3.83. The molecule has 23 heavy (non-hydrogen) atoms. The number of sulfonamides is 1. The van der Waals surface area contributed by atoms with Crippen LogP contribution in [0.4, 0.5) is 20.3 Å². The van der Waals surface area contributed by atoms with Crippen molar-refractivity contribution in [1.82, 2.24) is 9.97 Å². The lowest BCUT2D eigenvalue weighted by Gasteiger charge is -2.17. The molecule has 1 heterocycles. The molecule has 0 amide bonds. The maximum atomic E-state index is 13.2. The zero-order valence-electron chi connectivity index (χ0n) is 12.5. The van der Waals surface area contributed by atoms with Gasteiger partial charge in [-0.15, -0.1) is 0 Å². The van der Waals surface area contributed by atoms with Crippen molar-refractivity contribution in [2.24, 2.45) is 0 Å². The summed E-state index contributed by atoms with van der Waals surface area (Å²) in [6, 6.07) is 2.06. The van der Waals surface area contributed by atoms with Gasteiger partial charge in [-0.1, -0.05) is 0 Å². The molecular weight excluding hydrogens is 330 g/mol. The van der Waals surface area contributed by atoms with Crippen LogP contribution >= 0.6 is 0 Å². The number of benzene rings is 1. The molecule has 0 atom stereocenters. The first-order chi connectivity index (χ1) is 10.7. The van der Waals surface area contributed by atoms with Crippen LogP contribution < -0.4 is 14.4 Å². The average Bonchev–Trinajstić information content (AvgIpc) is 2.46. The highest BCUT2D eigenvalue weighted by Crippen LogP contribution is 2.26. The molecule has 0 fully saturated rings. The summed E-state index contributed by atoms with van der Waals surface area (Å²) in [5, 5.41) is 0. The van der Waals surface area contributed by atoms with Gasteiger partial charge in [0.1, 0.15) is 17.3 Å². The molecule has 0 saturated heterocycles. The van der Waals surface area contributed by atoms with E-state index in [1.54, 1.807) is 14.1 Å². The van der Waals surface area contributed by atoms with Crippen LogP contribution in [-0.2, 0) is 10.0 Å². The quantitative estimate of drug-likeness (QED) is 0.887. The maximum absolute atomic E-state index is 13.2. The molecule has 7 nitrogen and oxygen atoms in total. The summed E-state index contributed by atoms with van der Waals surface area (Å²) in [5.74, 6) is -1.76. The molecule has 2 rings (SSSR count). The Morgan fingerprint density at radius 3 is 2.30 bits per heavy atom. The molecule has 0 aliphatic heterocycles. The molecule has 2 aromatic rings. The summed E-state index contributed by atoms with van der Waals surface area (Å²) < 4.78 is 58.1. The number of nitrogens with one attached hydrogen (secondary N) is 1. The van der Waals surface area contributed by atoms with Gasteiger partial charge in [-0.2, -0.15) is 4.98 Å². The summed E-state index contributed by atoms with van der Waals surface area (Å²) in [7, 11) is 0.438. The monoisotopic (exact) mass is 344 g/mol. The summed E-state index contributed by atoms with van der Waals surface area (Å²) in [5.41, 5.74) is 0.0421. The Kier molecular flexibility index (Phi) is 4.64. The van der Waals surface area contributed by atoms with Gasteiger partial charge in [-0.3, -0.25) is 4.72 Å². The van der Waals surface area contributed by atoms with Crippen LogP contribution in [0.3, 0.4) is 0 Å². The molecule has 0 bridgehead atoms. The average molecular weight is 344 g/mol. The van der Waals surface area contributed by atoms with Crippen LogP contribution in [0.5, 0.6) is 6.01 Å². The van der Waals surface area contributed by atoms with Crippen molar-refractivity contribution in [3.63, 3.8) is 0 Å². The van der Waals surface area contributed by atoms with Crippen molar-refractivity contribution in [2.75, 3.05) is 30.8 Å². The zero-order chi connectivity index (χ0) is 17.2. The fourth-order valence-electron chi connectivity index (χ4n) is 1.76. The minimum Gasteiger partial charge on any atom is -0.467 e. The number of methoxy groups -OCH3 is 1. The largest absolute Gasteiger partial charge is 0.467 e. The molecule has 1 N–H and O–H groups in total. The van der Waals surface area contributed by atoms with Crippen molar-refractivity contribution in [2.45, 2.75) is 4.90 Å². The minimum atomic E-state index is -4.21. The molecule has 0 spiro atoms. The molecular formula is C13H14F2N4O3S. The SMILES string of the molecule is COc1ncc(NS(=O)(=O)c2cc(F)cc(F)c2)c(N(C)C)n1. The third-order valence-electron chi connectivity index (χ3n) is 2.74. The van der Waals surface area contributed by atoms with E-state index < -0.39 is 26.6 Å². The molecule has 0 saturated carbocycles. The second kappa shape index (κ2) is 6.32. The van der Waals surface area contributed by atoms with E-state index in [1.165, 1.54) is 18.2 Å². The summed E-state index contributed by atoms with van der Waals surface area (Å²) in [4.78, 5) is 8.83. The van der Waals surface area contributed by atoms with E-state index in [1.807, 2.05) is 0 Å². The second-order valence-electron chi connectivity index (χ2n) is 4.70. The third-order valence-corrected chi connectivity index (χ3v) is 4.09. The van der Waals surface area contributed by atoms with Gasteiger partial charge in [0, 0.05) is 20.2 Å². The first-order valence-corrected chi connectivity index (χ1v) is 7.78. The molecule has 1 aromatic heterocycles. The van der Waals surface area contributed by atoms with Crippen molar-refractivity contribution in [3.8, 4) is 6.01 Å². The van der Waals surface area contributed by atoms with E-state index >= 15 is 0 Å². The van der Waals surface area contributed by atoms with Crippen molar-refractivity contribution in [3.05, 3.63) is 36.0 Å². The fourth-order valence-corrected chi connectivity index (χ4v) is 2.84.